The number of morpholine rings is 1. The van der Waals surface area contributed by atoms with Crippen molar-refractivity contribution in [3.05, 3.63) is 0 Å². The summed E-state index contributed by atoms with van der Waals surface area (Å²) in [4.78, 5) is 17.0. The molecule has 3 rings (SSSR count). The molecule has 0 aromatic heterocycles. The first-order valence-electron chi connectivity index (χ1n) is 7.43. The normalized spacial score (nSPS) is 36.1. The molecule has 0 spiro atoms. The minimum absolute atomic E-state index is 0.241. The second-order valence-corrected chi connectivity index (χ2v) is 5.81. The van der Waals surface area contributed by atoms with Crippen LogP contribution in [0.5, 0.6) is 0 Å². The predicted molar refractivity (Wildman–Crippen MR) is 69.6 cm³/mol. The van der Waals surface area contributed by atoms with Crippen LogP contribution in [0, 0.1) is 0 Å². The first-order valence-corrected chi connectivity index (χ1v) is 7.43. The van der Waals surface area contributed by atoms with Crippen LogP contribution in [0.4, 0.5) is 0 Å². The average molecular weight is 252 g/mol. The topological polar surface area (TPSA) is 32.8 Å². The van der Waals surface area contributed by atoms with Crippen LogP contribution >= 0.6 is 0 Å². The van der Waals surface area contributed by atoms with E-state index >= 15 is 0 Å². The molecule has 0 amide bonds. The zero-order valence-corrected chi connectivity index (χ0v) is 11.1. The molecule has 18 heavy (non-hydrogen) atoms. The SMILES string of the molecule is O=C1CCCCC1N1CCC(N2CCOCC2)C1. The van der Waals surface area contributed by atoms with Gasteiger partial charge in [-0.15, -0.1) is 0 Å². The fourth-order valence-electron chi connectivity index (χ4n) is 3.64. The molecule has 4 heteroatoms. The third-order valence-electron chi connectivity index (χ3n) is 4.72. The summed E-state index contributed by atoms with van der Waals surface area (Å²) in [6.07, 6.45) is 5.47. The Morgan fingerprint density at radius 2 is 1.83 bits per heavy atom. The number of hydrogen-bond acceptors (Lipinski definition) is 4. The summed E-state index contributed by atoms with van der Waals surface area (Å²) >= 11 is 0. The summed E-state index contributed by atoms with van der Waals surface area (Å²) in [6.45, 7) is 6.08. The van der Waals surface area contributed by atoms with Gasteiger partial charge in [-0.25, -0.2) is 0 Å². The van der Waals surface area contributed by atoms with Crippen LogP contribution in [0.3, 0.4) is 0 Å². The molecule has 1 saturated carbocycles. The third kappa shape index (κ3) is 2.60. The van der Waals surface area contributed by atoms with Gasteiger partial charge in [-0.1, -0.05) is 6.42 Å². The Morgan fingerprint density at radius 1 is 1.00 bits per heavy atom. The van der Waals surface area contributed by atoms with Gasteiger partial charge >= 0.3 is 0 Å². The van der Waals surface area contributed by atoms with Gasteiger partial charge in [-0.3, -0.25) is 14.6 Å². The van der Waals surface area contributed by atoms with Gasteiger partial charge in [-0.2, -0.15) is 0 Å². The summed E-state index contributed by atoms with van der Waals surface area (Å²) in [5.74, 6) is 0.490. The van der Waals surface area contributed by atoms with E-state index in [9.17, 15) is 4.79 Å². The zero-order chi connectivity index (χ0) is 12.4. The molecule has 2 saturated heterocycles. The van der Waals surface area contributed by atoms with Crippen LogP contribution in [0.25, 0.3) is 0 Å². The van der Waals surface area contributed by atoms with Gasteiger partial charge in [0.2, 0.25) is 0 Å². The molecule has 2 unspecified atom stereocenters. The quantitative estimate of drug-likeness (QED) is 0.731. The second kappa shape index (κ2) is 5.68. The van der Waals surface area contributed by atoms with Crippen LogP contribution in [0.15, 0.2) is 0 Å². The second-order valence-electron chi connectivity index (χ2n) is 5.81. The van der Waals surface area contributed by atoms with Crippen molar-refractivity contribution in [3.8, 4) is 0 Å². The molecular weight excluding hydrogens is 228 g/mol. The Kier molecular flexibility index (Phi) is 3.97. The van der Waals surface area contributed by atoms with Crippen molar-refractivity contribution in [2.45, 2.75) is 44.2 Å². The van der Waals surface area contributed by atoms with E-state index < -0.39 is 0 Å². The number of nitrogens with zero attached hydrogens (tertiary/aromatic N) is 2. The Morgan fingerprint density at radius 3 is 2.61 bits per heavy atom. The molecule has 2 aliphatic heterocycles. The van der Waals surface area contributed by atoms with E-state index in [0.717, 1.165) is 58.7 Å². The van der Waals surface area contributed by atoms with Gasteiger partial charge in [0.25, 0.3) is 0 Å². The largest absolute Gasteiger partial charge is 0.379 e. The number of ether oxygens (including phenoxy) is 1. The van der Waals surface area contributed by atoms with E-state index in [1.54, 1.807) is 0 Å². The zero-order valence-electron chi connectivity index (χ0n) is 11.1. The molecule has 2 heterocycles. The minimum Gasteiger partial charge on any atom is -0.379 e. The molecule has 0 bridgehead atoms. The fraction of sp³-hybridized carbons (Fsp3) is 0.929. The number of carbonyl (C=O) groups excluding carboxylic acids is 1. The standard InChI is InChI=1S/C14H24N2O2/c17-14-4-2-1-3-13(14)16-6-5-12(11-16)15-7-9-18-10-8-15/h12-13H,1-11H2. The van der Waals surface area contributed by atoms with E-state index in [1.807, 2.05) is 0 Å². The number of hydrogen-bond donors (Lipinski definition) is 0. The van der Waals surface area contributed by atoms with Crippen molar-refractivity contribution >= 4 is 5.78 Å². The maximum atomic E-state index is 12.0. The highest BCUT2D eigenvalue weighted by molar-refractivity contribution is 5.84. The Labute approximate surface area is 109 Å². The third-order valence-corrected chi connectivity index (χ3v) is 4.72. The molecule has 3 aliphatic rings. The van der Waals surface area contributed by atoms with Gasteiger partial charge in [0.1, 0.15) is 5.78 Å². The summed E-state index contributed by atoms with van der Waals surface area (Å²) in [5.41, 5.74) is 0. The molecule has 0 aromatic carbocycles. The van der Waals surface area contributed by atoms with Crippen LogP contribution < -0.4 is 0 Å². The summed E-state index contributed by atoms with van der Waals surface area (Å²) < 4.78 is 5.41. The van der Waals surface area contributed by atoms with E-state index in [4.69, 9.17) is 4.74 Å². The number of carbonyl (C=O) groups is 1. The summed E-state index contributed by atoms with van der Waals surface area (Å²) in [6, 6.07) is 0.897. The summed E-state index contributed by atoms with van der Waals surface area (Å²) in [7, 11) is 0. The number of rotatable bonds is 2. The first kappa shape index (κ1) is 12.6. The maximum Gasteiger partial charge on any atom is 0.149 e. The lowest BCUT2D eigenvalue weighted by Gasteiger charge is -2.34. The number of Topliss-reactive ketones (excluding diaryl/α,β-unsaturated/α-hetero) is 1. The van der Waals surface area contributed by atoms with Crippen LogP contribution in [-0.4, -0.2) is 67.1 Å². The van der Waals surface area contributed by atoms with Crippen LogP contribution in [0.2, 0.25) is 0 Å². The Balaban J connectivity index is 1.55. The molecule has 0 N–H and O–H groups in total. The van der Waals surface area contributed by atoms with Gasteiger partial charge in [-0.05, 0) is 19.3 Å². The van der Waals surface area contributed by atoms with E-state index in [0.29, 0.717) is 11.8 Å². The smallest absolute Gasteiger partial charge is 0.149 e. The van der Waals surface area contributed by atoms with E-state index in [2.05, 4.69) is 9.80 Å². The van der Waals surface area contributed by atoms with E-state index in [-0.39, 0.29) is 6.04 Å². The molecular formula is C14H24N2O2. The molecule has 102 valence electrons. The lowest BCUT2D eigenvalue weighted by Crippen LogP contribution is -2.47. The van der Waals surface area contributed by atoms with Gasteiger partial charge in [0.15, 0.2) is 0 Å². The number of ketones is 1. The highest BCUT2D eigenvalue weighted by Crippen LogP contribution is 2.25. The fourth-order valence-corrected chi connectivity index (χ4v) is 3.64. The molecule has 0 radical (unpaired) electrons. The first-order chi connectivity index (χ1) is 8.84. The average Bonchev–Trinajstić information content (AvgIpc) is 2.90. The monoisotopic (exact) mass is 252 g/mol. The Hall–Kier alpha value is -0.450. The van der Waals surface area contributed by atoms with Crippen molar-refractivity contribution in [1.82, 2.24) is 9.80 Å². The minimum atomic E-state index is 0.241. The van der Waals surface area contributed by atoms with Crippen molar-refractivity contribution in [2.75, 3.05) is 39.4 Å². The van der Waals surface area contributed by atoms with Crippen LogP contribution in [-0.2, 0) is 9.53 Å². The van der Waals surface area contributed by atoms with Gasteiger partial charge < -0.3 is 4.74 Å². The van der Waals surface area contributed by atoms with Crippen molar-refractivity contribution in [3.63, 3.8) is 0 Å². The lowest BCUT2D eigenvalue weighted by atomic mass is 9.93. The molecule has 0 aromatic rings. The molecule has 2 atom stereocenters. The number of likely N-dealkylation sites (tertiary alicyclic amines) is 1. The lowest BCUT2D eigenvalue weighted by molar-refractivity contribution is -0.125. The predicted octanol–water partition coefficient (Wildman–Crippen LogP) is 0.905. The van der Waals surface area contributed by atoms with Gasteiger partial charge in [0.05, 0.1) is 19.3 Å². The van der Waals surface area contributed by atoms with E-state index in [1.165, 1.54) is 12.8 Å². The summed E-state index contributed by atoms with van der Waals surface area (Å²) in [5, 5.41) is 0. The van der Waals surface area contributed by atoms with Gasteiger partial charge in [0, 0.05) is 38.6 Å². The molecule has 3 fully saturated rings. The molecule has 1 aliphatic carbocycles. The van der Waals surface area contributed by atoms with Crippen molar-refractivity contribution in [1.29, 1.82) is 0 Å². The highest BCUT2D eigenvalue weighted by Gasteiger charge is 2.35. The highest BCUT2D eigenvalue weighted by atomic mass is 16.5. The van der Waals surface area contributed by atoms with Crippen LogP contribution in [0.1, 0.15) is 32.1 Å². The van der Waals surface area contributed by atoms with Crippen molar-refractivity contribution < 1.29 is 9.53 Å². The maximum absolute atomic E-state index is 12.0. The molecule has 4 nitrogen and oxygen atoms in total. The Bertz CT molecular complexity index is 302. The van der Waals surface area contributed by atoms with Crippen molar-refractivity contribution in [2.24, 2.45) is 0 Å².